The van der Waals surface area contributed by atoms with Gasteiger partial charge in [0.15, 0.2) is 0 Å². The van der Waals surface area contributed by atoms with Crippen LogP contribution in [0.3, 0.4) is 0 Å². The van der Waals surface area contributed by atoms with Crippen LogP contribution < -0.4 is 4.74 Å². The first-order valence-corrected chi connectivity index (χ1v) is 5.13. The van der Waals surface area contributed by atoms with Crippen LogP contribution in [-0.4, -0.2) is 16.1 Å². The molecule has 0 unspecified atom stereocenters. The number of aliphatic carboxylic acids is 1. The summed E-state index contributed by atoms with van der Waals surface area (Å²) in [5.74, 6) is 0.287. The van der Waals surface area contributed by atoms with Crippen molar-refractivity contribution in [2.75, 3.05) is 0 Å². The van der Waals surface area contributed by atoms with Crippen LogP contribution in [0.1, 0.15) is 5.56 Å². The van der Waals surface area contributed by atoms with Gasteiger partial charge in [-0.1, -0.05) is 18.2 Å². The number of ether oxygens (including phenoxy) is 1. The molecule has 0 saturated carbocycles. The van der Waals surface area contributed by atoms with Gasteiger partial charge in [-0.05, 0) is 18.2 Å². The van der Waals surface area contributed by atoms with Crippen molar-refractivity contribution in [3.63, 3.8) is 0 Å². The number of nitrogens with zero attached hydrogens (tertiary/aromatic N) is 1. The summed E-state index contributed by atoms with van der Waals surface area (Å²) >= 11 is 0. The third-order valence-corrected chi connectivity index (χ3v) is 2.17. The number of carbonyl (C=O) groups is 1. The number of carboxylic acid groups (broad SMARTS) is 1. The molecule has 4 heteroatoms. The lowest BCUT2D eigenvalue weighted by atomic mass is 10.2. The minimum Gasteiger partial charge on any atom is -0.481 e. The summed E-state index contributed by atoms with van der Waals surface area (Å²) in [7, 11) is 0. The summed E-state index contributed by atoms with van der Waals surface area (Å²) in [5.41, 5.74) is 0.559. The Bertz CT molecular complexity index is 511. The van der Waals surface area contributed by atoms with Crippen molar-refractivity contribution in [1.82, 2.24) is 4.98 Å². The normalized spacial score (nSPS) is 9.88. The first-order valence-electron chi connectivity index (χ1n) is 5.13. The topological polar surface area (TPSA) is 59.4 Å². The van der Waals surface area contributed by atoms with Crippen LogP contribution >= 0.6 is 0 Å². The Hall–Kier alpha value is -2.36. The molecule has 86 valence electrons. The number of hydrogen-bond donors (Lipinski definition) is 1. The number of hydrogen-bond acceptors (Lipinski definition) is 3. The average Bonchev–Trinajstić information content (AvgIpc) is 2.32. The maximum Gasteiger partial charge on any atom is 0.308 e. The van der Waals surface area contributed by atoms with E-state index in [4.69, 9.17) is 9.84 Å². The van der Waals surface area contributed by atoms with E-state index >= 15 is 0 Å². The van der Waals surface area contributed by atoms with Crippen LogP contribution in [0.15, 0.2) is 48.8 Å². The fourth-order valence-electron chi connectivity index (χ4n) is 1.43. The van der Waals surface area contributed by atoms with Crippen molar-refractivity contribution in [2.45, 2.75) is 6.42 Å². The molecule has 0 saturated heterocycles. The molecule has 1 heterocycles. The summed E-state index contributed by atoms with van der Waals surface area (Å²) in [6.45, 7) is 0. The largest absolute Gasteiger partial charge is 0.481 e. The second kappa shape index (κ2) is 5.12. The van der Waals surface area contributed by atoms with E-state index < -0.39 is 5.97 Å². The predicted molar refractivity (Wildman–Crippen MR) is 62.1 cm³/mol. The fourth-order valence-corrected chi connectivity index (χ4v) is 1.43. The van der Waals surface area contributed by atoms with Gasteiger partial charge in [0.1, 0.15) is 11.5 Å². The van der Waals surface area contributed by atoms with Crippen molar-refractivity contribution in [3.8, 4) is 11.5 Å². The minimum absolute atomic E-state index is 0.101. The van der Waals surface area contributed by atoms with Gasteiger partial charge in [0.05, 0.1) is 6.42 Å². The molecular weight excluding hydrogens is 218 g/mol. The Balaban J connectivity index is 2.23. The molecule has 0 radical (unpaired) electrons. The van der Waals surface area contributed by atoms with Crippen LogP contribution in [-0.2, 0) is 11.2 Å². The van der Waals surface area contributed by atoms with Crippen molar-refractivity contribution < 1.29 is 14.6 Å². The molecule has 0 spiro atoms. The lowest BCUT2D eigenvalue weighted by molar-refractivity contribution is -0.136. The summed E-state index contributed by atoms with van der Waals surface area (Å²) in [6.07, 6.45) is 2.98. The highest BCUT2D eigenvalue weighted by atomic mass is 16.5. The van der Waals surface area contributed by atoms with E-state index in [1.54, 1.807) is 12.3 Å². The van der Waals surface area contributed by atoms with Gasteiger partial charge in [-0.25, -0.2) is 0 Å². The van der Waals surface area contributed by atoms with Gasteiger partial charge in [0, 0.05) is 18.0 Å². The Morgan fingerprint density at radius 1 is 1.24 bits per heavy atom. The minimum atomic E-state index is -0.907. The molecule has 0 fully saturated rings. The van der Waals surface area contributed by atoms with Crippen molar-refractivity contribution in [1.29, 1.82) is 0 Å². The van der Waals surface area contributed by atoms with Crippen LogP contribution in [0.5, 0.6) is 11.5 Å². The predicted octanol–water partition coefficient (Wildman–Crippen LogP) is 2.50. The monoisotopic (exact) mass is 229 g/mol. The standard InChI is InChI=1S/C13H11NO3/c15-13(16)8-10-9-14-7-6-12(10)17-11-4-2-1-3-5-11/h1-7,9H,8H2,(H,15,16). The molecule has 17 heavy (non-hydrogen) atoms. The molecule has 1 aromatic carbocycles. The number of rotatable bonds is 4. The smallest absolute Gasteiger partial charge is 0.308 e. The molecule has 2 rings (SSSR count). The lowest BCUT2D eigenvalue weighted by Gasteiger charge is -2.08. The van der Waals surface area contributed by atoms with E-state index in [0.29, 0.717) is 17.1 Å². The van der Waals surface area contributed by atoms with Gasteiger partial charge < -0.3 is 9.84 Å². The van der Waals surface area contributed by atoms with Crippen LogP contribution in [0.25, 0.3) is 0 Å². The van der Waals surface area contributed by atoms with Crippen LogP contribution in [0, 0.1) is 0 Å². The second-order valence-electron chi connectivity index (χ2n) is 3.47. The highest BCUT2D eigenvalue weighted by Crippen LogP contribution is 2.24. The fraction of sp³-hybridized carbons (Fsp3) is 0.0769. The van der Waals surface area contributed by atoms with E-state index in [0.717, 1.165) is 0 Å². The third kappa shape index (κ3) is 3.04. The molecule has 1 N–H and O–H groups in total. The van der Waals surface area contributed by atoms with Gasteiger partial charge in [-0.15, -0.1) is 0 Å². The van der Waals surface area contributed by atoms with Gasteiger partial charge in [0.2, 0.25) is 0 Å². The van der Waals surface area contributed by atoms with Gasteiger partial charge in [-0.3, -0.25) is 9.78 Å². The van der Waals surface area contributed by atoms with Gasteiger partial charge in [-0.2, -0.15) is 0 Å². The summed E-state index contributed by atoms with van der Waals surface area (Å²) < 4.78 is 5.61. The zero-order chi connectivity index (χ0) is 12.1. The lowest BCUT2D eigenvalue weighted by Crippen LogP contribution is -2.02. The molecule has 0 aliphatic rings. The first kappa shape index (κ1) is 11.1. The molecule has 2 aromatic rings. The highest BCUT2D eigenvalue weighted by Gasteiger charge is 2.08. The number of benzene rings is 1. The van der Waals surface area contributed by atoms with E-state index in [1.807, 2.05) is 30.3 Å². The van der Waals surface area contributed by atoms with Crippen molar-refractivity contribution >= 4 is 5.97 Å². The molecule has 4 nitrogen and oxygen atoms in total. The maximum absolute atomic E-state index is 10.7. The number of para-hydroxylation sites is 1. The molecule has 0 atom stereocenters. The van der Waals surface area contributed by atoms with Gasteiger partial charge >= 0.3 is 5.97 Å². The second-order valence-corrected chi connectivity index (χ2v) is 3.47. The number of aromatic nitrogens is 1. The molecule has 0 bridgehead atoms. The van der Waals surface area contributed by atoms with Crippen molar-refractivity contribution in [3.05, 3.63) is 54.4 Å². The van der Waals surface area contributed by atoms with E-state index in [-0.39, 0.29) is 6.42 Å². The first-order chi connectivity index (χ1) is 8.25. The van der Waals surface area contributed by atoms with E-state index in [2.05, 4.69) is 4.98 Å². The zero-order valence-corrected chi connectivity index (χ0v) is 9.04. The van der Waals surface area contributed by atoms with Crippen molar-refractivity contribution in [2.24, 2.45) is 0 Å². The number of carboxylic acids is 1. The molecule has 0 amide bonds. The zero-order valence-electron chi connectivity index (χ0n) is 9.04. The Morgan fingerprint density at radius 3 is 2.71 bits per heavy atom. The quantitative estimate of drug-likeness (QED) is 0.875. The number of pyridine rings is 1. The molecule has 0 aliphatic carbocycles. The van der Waals surface area contributed by atoms with E-state index in [1.165, 1.54) is 6.20 Å². The SMILES string of the molecule is O=C(O)Cc1cnccc1Oc1ccccc1. The Labute approximate surface area is 98.5 Å². The molecular formula is C13H11NO3. The van der Waals surface area contributed by atoms with Crippen LogP contribution in [0.2, 0.25) is 0 Å². The summed E-state index contributed by atoms with van der Waals surface area (Å²) in [4.78, 5) is 14.6. The summed E-state index contributed by atoms with van der Waals surface area (Å²) in [6, 6.07) is 10.9. The van der Waals surface area contributed by atoms with Crippen LogP contribution in [0.4, 0.5) is 0 Å². The van der Waals surface area contributed by atoms with E-state index in [9.17, 15) is 4.79 Å². The maximum atomic E-state index is 10.7. The van der Waals surface area contributed by atoms with Gasteiger partial charge in [0.25, 0.3) is 0 Å². The Kier molecular flexibility index (Phi) is 3.35. The molecule has 0 aliphatic heterocycles. The average molecular weight is 229 g/mol. The summed E-state index contributed by atoms with van der Waals surface area (Å²) in [5, 5.41) is 8.77. The third-order valence-electron chi connectivity index (χ3n) is 2.17. The highest BCUT2D eigenvalue weighted by molar-refractivity contribution is 5.71. The molecule has 1 aromatic heterocycles. The Morgan fingerprint density at radius 2 is 2.00 bits per heavy atom.